The van der Waals surface area contributed by atoms with Gasteiger partial charge in [0.2, 0.25) is 5.91 Å². The van der Waals surface area contributed by atoms with Gasteiger partial charge >= 0.3 is 0 Å². The number of thiophene rings is 1. The molecule has 4 rings (SSSR count). The van der Waals surface area contributed by atoms with Crippen LogP contribution in [0.5, 0.6) is 0 Å². The predicted molar refractivity (Wildman–Crippen MR) is 111 cm³/mol. The number of carbonyl (C=O) groups excluding carboxylic acids is 1. The Kier molecular flexibility index (Phi) is 4.80. The number of hydrogen-bond acceptors (Lipinski definition) is 5. The Balaban J connectivity index is 1.54. The van der Waals surface area contributed by atoms with Crippen molar-refractivity contribution >= 4 is 39.0 Å². The van der Waals surface area contributed by atoms with Crippen LogP contribution in [0.1, 0.15) is 0 Å². The van der Waals surface area contributed by atoms with Crippen molar-refractivity contribution in [2.75, 3.05) is 23.8 Å². The second-order valence-electron chi connectivity index (χ2n) is 6.06. The predicted octanol–water partition coefficient (Wildman–Crippen LogP) is 4.43. The minimum Gasteiger partial charge on any atom is -0.360 e. The Bertz CT molecular complexity index is 1060. The molecule has 0 fully saturated rings. The molecule has 0 saturated carbocycles. The summed E-state index contributed by atoms with van der Waals surface area (Å²) in [4.78, 5) is 24.9. The number of nitrogens with one attached hydrogen (secondary N) is 1. The molecule has 5 nitrogen and oxygen atoms in total. The number of hydrogen-bond donors (Lipinski definition) is 1. The van der Waals surface area contributed by atoms with E-state index in [1.54, 1.807) is 23.3 Å². The van der Waals surface area contributed by atoms with Crippen molar-refractivity contribution in [1.82, 2.24) is 9.97 Å². The van der Waals surface area contributed by atoms with Crippen molar-refractivity contribution in [2.24, 2.45) is 0 Å². The monoisotopic (exact) mass is 374 g/mol. The number of rotatable bonds is 5. The summed E-state index contributed by atoms with van der Waals surface area (Å²) < 4.78 is 0. The highest BCUT2D eigenvalue weighted by Gasteiger charge is 2.13. The van der Waals surface area contributed by atoms with Gasteiger partial charge in [-0.25, -0.2) is 9.97 Å². The van der Waals surface area contributed by atoms with Crippen LogP contribution in [0.15, 0.2) is 73.1 Å². The fourth-order valence-corrected chi connectivity index (χ4v) is 3.82. The summed E-state index contributed by atoms with van der Waals surface area (Å²) in [6.45, 7) is 0.161. The fourth-order valence-electron chi connectivity index (χ4n) is 2.81. The van der Waals surface area contributed by atoms with Crippen LogP contribution in [0, 0.1) is 0 Å². The number of carbonyl (C=O) groups is 1. The molecule has 4 aromatic rings. The van der Waals surface area contributed by atoms with Gasteiger partial charge in [0.05, 0.1) is 11.9 Å². The lowest BCUT2D eigenvalue weighted by molar-refractivity contribution is -0.116. The molecule has 27 heavy (non-hydrogen) atoms. The smallest absolute Gasteiger partial charge is 0.246 e. The lowest BCUT2D eigenvalue weighted by Crippen LogP contribution is -2.32. The van der Waals surface area contributed by atoms with Crippen LogP contribution in [0.2, 0.25) is 0 Å². The van der Waals surface area contributed by atoms with Gasteiger partial charge in [0.1, 0.15) is 17.0 Å². The van der Waals surface area contributed by atoms with Gasteiger partial charge in [0.15, 0.2) is 0 Å². The van der Waals surface area contributed by atoms with E-state index >= 15 is 0 Å². The number of nitrogens with zero attached hydrogens (tertiary/aromatic N) is 3. The lowest BCUT2D eigenvalue weighted by atomic mass is 10.2. The molecular formula is C21H18N4OS. The highest BCUT2D eigenvalue weighted by Crippen LogP contribution is 2.34. The second-order valence-corrected chi connectivity index (χ2v) is 7.09. The molecule has 2 heterocycles. The Labute approximate surface area is 161 Å². The normalized spacial score (nSPS) is 10.7. The molecule has 0 radical (unpaired) electrons. The molecule has 1 N–H and O–H groups in total. The molecule has 1 amide bonds. The maximum absolute atomic E-state index is 12.5. The van der Waals surface area contributed by atoms with Crippen LogP contribution in [-0.2, 0) is 4.79 Å². The van der Waals surface area contributed by atoms with Crippen LogP contribution >= 0.6 is 11.3 Å². The largest absolute Gasteiger partial charge is 0.360 e. The minimum absolute atomic E-state index is 0.0357. The van der Waals surface area contributed by atoms with Gasteiger partial charge in [-0.2, -0.15) is 0 Å². The minimum atomic E-state index is -0.0357. The van der Waals surface area contributed by atoms with Gasteiger partial charge in [-0.15, -0.1) is 11.3 Å². The molecule has 0 saturated heterocycles. The molecule has 0 aliphatic heterocycles. The molecule has 0 unspecified atom stereocenters. The molecule has 0 aliphatic rings. The van der Waals surface area contributed by atoms with Crippen molar-refractivity contribution in [3.05, 3.63) is 73.1 Å². The standard InChI is InChI=1S/C21H18N4OS/c1-25(16-10-6-3-7-11-16)19(26)13-22-20-17-12-18(15-8-4-2-5-9-15)27-21(17)24-14-23-20/h2-12,14H,13H2,1H3,(H,22,23,24). The SMILES string of the molecule is CN(C(=O)CNc1ncnc2sc(-c3ccccc3)cc12)c1ccccc1. The van der Waals surface area contributed by atoms with Crippen molar-refractivity contribution in [3.63, 3.8) is 0 Å². The van der Waals surface area contributed by atoms with Crippen LogP contribution in [0.25, 0.3) is 20.7 Å². The Morgan fingerprint density at radius 1 is 1.04 bits per heavy atom. The van der Waals surface area contributed by atoms with E-state index in [9.17, 15) is 4.79 Å². The van der Waals surface area contributed by atoms with E-state index in [0.29, 0.717) is 5.82 Å². The molecule has 2 aromatic heterocycles. The summed E-state index contributed by atoms with van der Waals surface area (Å²) >= 11 is 1.62. The van der Waals surface area contributed by atoms with Gasteiger partial charge in [-0.05, 0) is 23.8 Å². The molecular weight excluding hydrogens is 356 g/mol. The molecule has 2 aromatic carbocycles. The fraction of sp³-hybridized carbons (Fsp3) is 0.0952. The third kappa shape index (κ3) is 3.66. The molecule has 6 heteroatoms. The first-order valence-corrected chi connectivity index (χ1v) is 9.39. The Hall–Kier alpha value is -3.25. The van der Waals surface area contributed by atoms with Crippen LogP contribution in [-0.4, -0.2) is 29.5 Å². The van der Waals surface area contributed by atoms with Gasteiger partial charge in [-0.1, -0.05) is 48.5 Å². The average molecular weight is 374 g/mol. The number of para-hydroxylation sites is 1. The van der Waals surface area contributed by atoms with Crippen molar-refractivity contribution in [3.8, 4) is 10.4 Å². The summed E-state index contributed by atoms with van der Waals surface area (Å²) in [6.07, 6.45) is 1.53. The second kappa shape index (κ2) is 7.55. The number of aromatic nitrogens is 2. The van der Waals surface area contributed by atoms with Gasteiger partial charge < -0.3 is 10.2 Å². The van der Waals surface area contributed by atoms with Crippen molar-refractivity contribution < 1.29 is 4.79 Å². The molecule has 0 spiro atoms. The first-order chi connectivity index (χ1) is 13.2. The maximum Gasteiger partial charge on any atom is 0.246 e. The quantitative estimate of drug-likeness (QED) is 0.561. The van der Waals surface area contributed by atoms with E-state index in [1.165, 1.54) is 6.33 Å². The summed E-state index contributed by atoms with van der Waals surface area (Å²) in [5, 5.41) is 4.09. The highest BCUT2D eigenvalue weighted by molar-refractivity contribution is 7.21. The molecule has 134 valence electrons. The van der Waals surface area contributed by atoms with Crippen LogP contribution in [0.4, 0.5) is 11.5 Å². The van der Waals surface area contributed by atoms with Crippen LogP contribution < -0.4 is 10.2 Å². The van der Waals surface area contributed by atoms with Gasteiger partial charge in [-0.3, -0.25) is 4.79 Å². The number of amides is 1. The third-order valence-corrected chi connectivity index (χ3v) is 5.40. The van der Waals surface area contributed by atoms with E-state index in [-0.39, 0.29) is 12.5 Å². The summed E-state index contributed by atoms with van der Waals surface area (Å²) in [5.74, 6) is 0.639. The number of fused-ring (bicyclic) bond motifs is 1. The lowest BCUT2D eigenvalue weighted by Gasteiger charge is -2.17. The Morgan fingerprint density at radius 3 is 2.48 bits per heavy atom. The molecule has 0 bridgehead atoms. The van der Waals surface area contributed by atoms with E-state index in [1.807, 2.05) is 48.5 Å². The number of anilines is 2. The zero-order chi connectivity index (χ0) is 18.6. The summed E-state index contributed by atoms with van der Waals surface area (Å²) in [7, 11) is 1.77. The number of benzene rings is 2. The summed E-state index contributed by atoms with van der Waals surface area (Å²) in [5.41, 5.74) is 2.00. The first-order valence-electron chi connectivity index (χ1n) is 8.58. The van der Waals surface area contributed by atoms with E-state index in [2.05, 4.69) is 33.5 Å². The van der Waals surface area contributed by atoms with E-state index in [0.717, 1.165) is 26.3 Å². The average Bonchev–Trinajstić information content (AvgIpc) is 3.18. The zero-order valence-electron chi connectivity index (χ0n) is 14.8. The maximum atomic E-state index is 12.5. The Morgan fingerprint density at radius 2 is 1.74 bits per heavy atom. The van der Waals surface area contributed by atoms with Gasteiger partial charge in [0.25, 0.3) is 0 Å². The molecule has 0 atom stereocenters. The zero-order valence-corrected chi connectivity index (χ0v) is 15.6. The van der Waals surface area contributed by atoms with Crippen LogP contribution in [0.3, 0.4) is 0 Å². The third-order valence-electron chi connectivity index (χ3n) is 4.31. The van der Waals surface area contributed by atoms with E-state index < -0.39 is 0 Å². The highest BCUT2D eigenvalue weighted by atomic mass is 32.1. The number of likely N-dealkylation sites (N-methyl/N-ethyl adjacent to an activating group) is 1. The van der Waals surface area contributed by atoms with Gasteiger partial charge in [0, 0.05) is 17.6 Å². The van der Waals surface area contributed by atoms with E-state index in [4.69, 9.17) is 0 Å². The van der Waals surface area contributed by atoms with Crippen molar-refractivity contribution in [1.29, 1.82) is 0 Å². The summed E-state index contributed by atoms with van der Waals surface area (Å²) in [6, 6.07) is 21.8. The first kappa shape index (κ1) is 17.2. The van der Waals surface area contributed by atoms with Crippen molar-refractivity contribution in [2.45, 2.75) is 0 Å². The molecule has 0 aliphatic carbocycles. The topological polar surface area (TPSA) is 58.1 Å².